The number of urea groups is 1. The normalized spacial score (nSPS) is 14.6. The topological polar surface area (TPSA) is 119 Å². The first-order valence-corrected chi connectivity index (χ1v) is 14.2. The number of carboxylic acid groups (broad SMARTS) is 1. The molecule has 9 nitrogen and oxygen atoms in total. The second kappa shape index (κ2) is 14.3. The van der Waals surface area contributed by atoms with Gasteiger partial charge in [-0.2, -0.15) is 0 Å². The number of rotatable bonds is 9. The summed E-state index contributed by atoms with van der Waals surface area (Å²) in [5, 5.41) is 15.4. The molecule has 0 bridgehead atoms. The molecule has 0 spiro atoms. The van der Waals surface area contributed by atoms with E-state index >= 15 is 0 Å². The number of carboxylic acids is 1. The molecule has 4 amide bonds. The van der Waals surface area contributed by atoms with Crippen LogP contribution >= 0.6 is 35.0 Å². The van der Waals surface area contributed by atoms with Gasteiger partial charge in [-0.15, -0.1) is 11.8 Å². The molecular weight excluding hydrogens is 563 g/mol. The molecule has 39 heavy (non-hydrogen) atoms. The number of para-hydroxylation sites is 1. The SMILES string of the molecule is CSc1ccc(/C=C/C(=O)N2CCC(C(=O)N[C@@H](CNC(=O)N(C)c3ccccc3)C(=O)O)CC2)c(Cl)c1Cl. The second-order valence-corrected chi connectivity index (χ2v) is 10.5. The summed E-state index contributed by atoms with van der Waals surface area (Å²) in [4.78, 5) is 53.4. The number of halogens is 2. The standard InChI is InChI=1S/C27H30Cl2N4O5S/c1-32(19-6-4-3-5-7-19)27(38)30-16-20(26(36)37)31-25(35)18-12-14-33(15-13-18)22(34)11-9-17-8-10-21(39-2)24(29)23(17)28/h3-11,18,20H,12-16H2,1-2H3,(H,30,38)(H,31,35)(H,36,37)/b11-9+/t20-/m0/s1. The predicted octanol–water partition coefficient (Wildman–Crippen LogP) is 4.38. The van der Waals surface area contributed by atoms with Crippen LogP contribution in [0.5, 0.6) is 0 Å². The third-order valence-electron chi connectivity index (χ3n) is 6.40. The third-order valence-corrected chi connectivity index (χ3v) is 8.19. The smallest absolute Gasteiger partial charge is 0.328 e. The van der Waals surface area contributed by atoms with E-state index in [0.29, 0.717) is 47.2 Å². The lowest BCUT2D eigenvalue weighted by Crippen LogP contribution is -2.52. The number of benzene rings is 2. The summed E-state index contributed by atoms with van der Waals surface area (Å²) in [6, 6.07) is 10.7. The summed E-state index contributed by atoms with van der Waals surface area (Å²) in [6.45, 7) is 0.415. The number of thioether (sulfide) groups is 1. The summed E-state index contributed by atoms with van der Waals surface area (Å²) < 4.78 is 0. The minimum absolute atomic E-state index is 0.219. The highest BCUT2D eigenvalue weighted by Crippen LogP contribution is 2.35. The molecule has 208 valence electrons. The van der Waals surface area contributed by atoms with E-state index in [9.17, 15) is 24.3 Å². The Kier molecular flexibility index (Phi) is 11.1. The Morgan fingerprint density at radius 3 is 2.38 bits per heavy atom. The highest BCUT2D eigenvalue weighted by Gasteiger charge is 2.30. The molecule has 1 aliphatic heterocycles. The van der Waals surface area contributed by atoms with Crippen molar-refractivity contribution in [2.24, 2.45) is 5.92 Å². The Balaban J connectivity index is 1.49. The van der Waals surface area contributed by atoms with Gasteiger partial charge in [0.15, 0.2) is 0 Å². The molecule has 1 saturated heterocycles. The lowest BCUT2D eigenvalue weighted by Gasteiger charge is -2.31. The van der Waals surface area contributed by atoms with Crippen LogP contribution in [-0.2, 0) is 14.4 Å². The third kappa shape index (κ3) is 8.14. The van der Waals surface area contributed by atoms with Crippen molar-refractivity contribution in [1.82, 2.24) is 15.5 Å². The fourth-order valence-corrected chi connectivity index (χ4v) is 5.20. The van der Waals surface area contributed by atoms with Crippen LogP contribution < -0.4 is 15.5 Å². The van der Waals surface area contributed by atoms with E-state index in [-0.39, 0.29) is 12.5 Å². The van der Waals surface area contributed by atoms with Crippen LogP contribution in [0.1, 0.15) is 18.4 Å². The molecule has 1 fully saturated rings. The number of piperidine rings is 1. The number of likely N-dealkylation sites (tertiary alicyclic amines) is 1. The summed E-state index contributed by atoms with van der Waals surface area (Å²) in [6.07, 6.45) is 5.70. The zero-order valence-corrected chi connectivity index (χ0v) is 23.9. The maximum Gasteiger partial charge on any atom is 0.328 e. The van der Waals surface area contributed by atoms with Gasteiger partial charge in [-0.3, -0.25) is 14.5 Å². The van der Waals surface area contributed by atoms with Crippen LogP contribution in [-0.4, -0.2) is 72.8 Å². The Hall–Kier alpha value is -3.21. The lowest BCUT2D eigenvalue weighted by molar-refractivity contribution is -0.142. The molecule has 1 atom stereocenters. The van der Waals surface area contributed by atoms with Gasteiger partial charge < -0.3 is 20.6 Å². The van der Waals surface area contributed by atoms with E-state index in [2.05, 4.69) is 10.6 Å². The first-order chi connectivity index (χ1) is 18.6. The Morgan fingerprint density at radius 1 is 1.10 bits per heavy atom. The number of amides is 4. The molecular formula is C27H30Cl2N4O5S. The minimum atomic E-state index is -1.29. The quantitative estimate of drug-likeness (QED) is 0.293. The Bertz CT molecular complexity index is 1240. The van der Waals surface area contributed by atoms with Crippen LogP contribution in [0.2, 0.25) is 10.0 Å². The van der Waals surface area contributed by atoms with E-state index in [1.54, 1.807) is 48.4 Å². The minimum Gasteiger partial charge on any atom is -0.480 e. The van der Waals surface area contributed by atoms with Crippen LogP contribution in [0.4, 0.5) is 10.5 Å². The molecule has 0 unspecified atom stereocenters. The average molecular weight is 594 g/mol. The maximum absolute atomic E-state index is 12.8. The van der Waals surface area contributed by atoms with Gasteiger partial charge in [0.1, 0.15) is 6.04 Å². The second-order valence-electron chi connectivity index (χ2n) is 8.90. The van der Waals surface area contributed by atoms with Gasteiger partial charge in [0.05, 0.1) is 16.6 Å². The van der Waals surface area contributed by atoms with E-state index in [1.165, 1.54) is 22.7 Å². The van der Waals surface area contributed by atoms with Gasteiger partial charge >= 0.3 is 12.0 Å². The van der Waals surface area contributed by atoms with Crippen LogP contribution in [0.15, 0.2) is 53.4 Å². The number of nitrogens with one attached hydrogen (secondary N) is 2. The molecule has 2 aromatic carbocycles. The van der Waals surface area contributed by atoms with E-state index < -0.39 is 29.9 Å². The van der Waals surface area contributed by atoms with Gasteiger partial charge in [0.25, 0.3) is 0 Å². The molecule has 0 radical (unpaired) electrons. The first-order valence-electron chi connectivity index (χ1n) is 12.2. The highest BCUT2D eigenvalue weighted by atomic mass is 35.5. The fourth-order valence-electron chi connectivity index (χ4n) is 4.03. The van der Waals surface area contributed by atoms with Crippen molar-refractivity contribution in [3.63, 3.8) is 0 Å². The molecule has 3 N–H and O–H groups in total. The summed E-state index contributed by atoms with van der Waals surface area (Å²) in [7, 11) is 1.56. The van der Waals surface area contributed by atoms with Crippen molar-refractivity contribution in [2.75, 3.05) is 37.8 Å². The fraction of sp³-hybridized carbons (Fsp3) is 0.333. The Labute approximate surface area is 241 Å². The van der Waals surface area contributed by atoms with Crippen molar-refractivity contribution in [3.8, 4) is 0 Å². The lowest BCUT2D eigenvalue weighted by atomic mass is 9.95. The van der Waals surface area contributed by atoms with Gasteiger partial charge in [0, 0.05) is 42.7 Å². The molecule has 3 rings (SSSR count). The first kappa shape index (κ1) is 30.3. The van der Waals surface area contributed by atoms with E-state index in [1.807, 2.05) is 18.4 Å². The van der Waals surface area contributed by atoms with Crippen LogP contribution in [0.3, 0.4) is 0 Å². The zero-order chi connectivity index (χ0) is 28.5. The van der Waals surface area contributed by atoms with Crippen molar-refractivity contribution in [2.45, 2.75) is 23.8 Å². The molecule has 2 aromatic rings. The molecule has 1 aliphatic rings. The van der Waals surface area contributed by atoms with E-state index in [0.717, 1.165) is 4.90 Å². The zero-order valence-electron chi connectivity index (χ0n) is 21.5. The molecule has 0 aromatic heterocycles. The number of hydrogen-bond acceptors (Lipinski definition) is 5. The molecule has 0 aliphatic carbocycles. The molecule has 0 saturated carbocycles. The molecule has 12 heteroatoms. The number of nitrogens with zero attached hydrogens (tertiary/aromatic N) is 2. The number of carbonyl (C=O) groups excluding carboxylic acids is 3. The van der Waals surface area contributed by atoms with Crippen molar-refractivity contribution < 1.29 is 24.3 Å². The average Bonchev–Trinajstić information content (AvgIpc) is 2.95. The van der Waals surface area contributed by atoms with Gasteiger partial charge in [0.2, 0.25) is 11.8 Å². The maximum atomic E-state index is 12.8. The number of carbonyl (C=O) groups is 4. The van der Waals surface area contributed by atoms with Crippen molar-refractivity contribution in [1.29, 1.82) is 0 Å². The number of hydrogen-bond donors (Lipinski definition) is 3. The summed E-state index contributed by atoms with van der Waals surface area (Å²) in [5.41, 5.74) is 1.27. The Morgan fingerprint density at radius 2 is 1.77 bits per heavy atom. The predicted molar refractivity (Wildman–Crippen MR) is 154 cm³/mol. The van der Waals surface area contributed by atoms with Crippen molar-refractivity contribution in [3.05, 3.63) is 64.1 Å². The highest BCUT2D eigenvalue weighted by molar-refractivity contribution is 7.98. The van der Waals surface area contributed by atoms with Gasteiger partial charge in [-0.05, 0) is 48.9 Å². The van der Waals surface area contributed by atoms with Crippen LogP contribution in [0.25, 0.3) is 6.08 Å². The summed E-state index contributed by atoms with van der Waals surface area (Å²) in [5.74, 6) is -2.35. The van der Waals surface area contributed by atoms with Crippen molar-refractivity contribution >= 4 is 70.5 Å². The monoisotopic (exact) mass is 592 g/mol. The van der Waals surface area contributed by atoms with Gasteiger partial charge in [-0.1, -0.05) is 47.5 Å². The number of aliphatic carboxylic acids is 1. The van der Waals surface area contributed by atoms with Gasteiger partial charge in [-0.25, -0.2) is 9.59 Å². The largest absolute Gasteiger partial charge is 0.480 e. The summed E-state index contributed by atoms with van der Waals surface area (Å²) >= 11 is 14.0. The number of anilines is 1. The van der Waals surface area contributed by atoms with Crippen LogP contribution in [0, 0.1) is 5.92 Å². The molecule has 1 heterocycles. The van der Waals surface area contributed by atoms with E-state index in [4.69, 9.17) is 23.2 Å².